The Morgan fingerprint density at radius 2 is 2.45 bits per heavy atom. The maximum absolute atomic E-state index is 10.6. The molecule has 0 bridgehead atoms. The fourth-order valence-electron chi connectivity index (χ4n) is 0.706. The SMILES string of the molecule is C=Cn1cnc(C(N)=O)c1N. The number of primary amides is 1. The molecule has 0 unspecified atom stereocenters. The molecule has 1 amide bonds. The van der Waals surface area contributed by atoms with Gasteiger partial charge in [-0.2, -0.15) is 0 Å². The molecule has 1 heterocycles. The molecule has 1 aromatic rings. The van der Waals surface area contributed by atoms with Gasteiger partial charge in [-0.3, -0.25) is 9.36 Å². The van der Waals surface area contributed by atoms with Gasteiger partial charge < -0.3 is 11.5 Å². The van der Waals surface area contributed by atoms with Crippen LogP contribution in [0.5, 0.6) is 0 Å². The van der Waals surface area contributed by atoms with Gasteiger partial charge in [-0.05, 0) is 0 Å². The minimum absolute atomic E-state index is 0.0740. The fourth-order valence-corrected chi connectivity index (χ4v) is 0.706. The topological polar surface area (TPSA) is 86.9 Å². The van der Waals surface area contributed by atoms with Gasteiger partial charge in [0.2, 0.25) is 0 Å². The number of carbonyl (C=O) groups excluding carboxylic acids is 1. The van der Waals surface area contributed by atoms with E-state index in [0.29, 0.717) is 0 Å². The lowest BCUT2D eigenvalue weighted by atomic mass is 10.4. The molecule has 58 valence electrons. The summed E-state index contributed by atoms with van der Waals surface area (Å²) in [5.41, 5.74) is 10.5. The molecule has 1 aromatic heterocycles. The van der Waals surface area contributed by atoms with Crippen LogP contribution in [0.4, 0.5) is 5.82 Å². The summed E-state index contributed by atoms with van der Waals surface area (Å²) in [5.74, 6) is -0.421. The largest absolute Gasteiger partial charge is 0.383 e. The van der Waals surface area contributed by atoms with E-state index < -0.39 is 5.91 Å². The van der Waals surface area contributed by atoms with Crippen LogP contribution >= 0.6 is 0 Å². The number of nitrogens with two attached hydrogens (primary N) is 2. The van der Waals surface area contributed by atoms with Crippen molar-refractivity contribution in [3.8, 4) is 0 Å². The lowest BCUT2D eigenvalue weighted by Crippen LogP contribution is -2.14. The van der Waals surface area contributed by atoms with Crippen molar-refractivity contribution < 1.29 is 4.79 Å². The first-order valence-corrected chi connectivity index (χ1v) is 2.91. The molecule has 0 aliphatic heterocycles. The first kappa shape index (κ1) is 7.33. The molecule has 4 N–H and O–H groups in total. The molecule has 1 rings (SSSR count). The van der Waals surface area contributed by atoms with Crippen LogP contribution in [0.15, 0.2) is 12.9 Å². The highest BCUT2D eigenvalue weighted by Gasteiger charge is 2.09. The van der Waals surface area contributed by atoms with E-state index in [2.05, 4.69) is 11.6 Å². The molecular formula is C6H8N4O. The maximum Gasteiger partial charge on any atom is 0.271 e. The number of imidazole rings is 1. The highest BCUT2D eigenvalue weighted by atomic mass is 16.1. The van der Waals surface area contributed by atoms with Gasteiger partial charge in [0, 0.05) is 6.20 Å². The number of carbonyl (C=O) groups is 1. The van der Waals surface area contributed by atoms with E-state index in [1.165, 1.54) is 17.1 Å². The van der Waals surface area contributed by atoms with Crippen LogP contribution < -0.4 is 11.5 Å². The molecule has 11 heavy (non-hydrogen) atoms. The normalized spacial score (nSPS) is 9.45. The number of hydrogen-bond acceptors (Lipinski definition) is 3. The Morgan fingerprint density at radius 1 is 1.82 bits per heavy atom. The maximum atomic E-state index is 10.6. The van der Waals surface area contributed by atoms with Gasteiger partial charge in [0.15, 0.2) is 5.69 Å². The number of aromatic nitrogens is 2. The van der Waals surface area contributed by atoms with E-state index in [4.69, 9.17) is 11.5 Å². The number of nitrogen functional groups attached to an aromatic ring is 1. The second-order valence-corrected chi connectivity index (χ2v) is 1.93. The molecule has 0 aliphatic rings. The standard InChI is InChI=1S/C6H8N4O/c1-2-10-3-9-4(5(10)7)6(8)11/h2-3H,1,7H2,(H2,8,11). The first-order valence-electron chi connectivity index (χ1n) is 2.91. The van der Waals surface area contributed by atoms with Gasteiger partial charge in [0.05, 0.1) is 0 Å². The molecular weight excluding hydrogens is 144 g/mol. The second kappa shape index (κ2) is 2.45. The fraction of sp³-hybridized carbons (Fsp3) is 0. The lowest BCUT2D eigenvalue weighted by molar-refractivity contribution is 0.0997. The molecule has 0 saturated carbocycles. The van der Waals surface area contributed by atoms with Gasteiger partial charge in [0.1, 0.15) is 12.1 Å². The third kappa shape index (κ3) is 1.07. The zero-order valence-corrected chi connectivity index (χ0v) is 5.82. The summed E-state index contributed by atoms with van der Waals surface area (Å²) >= 11 is 0. The highest BCUT2D eigenvalue weighted by molar-refractivity contribution is 5.95. The van der Waals surface area contributed by atoms with Gasteiger partial charge in [-0.15, -0.1) is 0 Å². The molecule has 5 nitrogen and oxygen atoms in total. The number of nitrogens with zero attached hydrogens (tertiary/aromatic N) is 2. The summed E-state index contributed by atoms with van der Waals surface area (Å²) in [4.78, 5) is 14.3. The van der Waals surface area contributed by atoms with Gasteiger partial charge in [-0.25, -0.2) is 4.98 Å². The summed E-state index contributed by atoms with van der Waals surface area (Å²) in [7, 11) is 0. The van der Waals surface area contributed by atoms with E-state index in [0.717, 1.165) is 0 Å². The summed E-state index contributed by atoms with van der Waals surface area (Å²) in [6.07, 6.45) is 2.82. The van der Waals surface area contributed by atoms with E-state index >= 15 is 0 Å². The Hall–Kier alpha value is -1.78. The van der Waals surface area contributed by atoms with Crippen LogP contribution in [-0.2, 0) is 0 Å². The predicted octanol–water partition coefficient (Wildman–Crippen LogP) is -0.335. The van der Waals surface area contributed by atoms with Crippen LogP contribution in [0.25, 0.3) is 6.20 Å². The number of hydrogen-bond donors (Lipinski definition) is 2. The minimum atomic E-state index is -0.636. The van der Waals surface area contributed by atoms with Crippen molar-refractivity contribution in [3.63, 3.8) is 0 Å². The Labute approximate surface area is 63.3 Å². The predicted molar refractivity (Wildman–Crippen MR) is 41.5 cm³/mol. The van der Waals surface area contributed by atoms with Crippen LogP contribution in [0.1, 0.15) is 10.5 Å². The van der Waals surface area contributed by atoms with Crippen LogP contribution in [0, 0.1) is 0 Å². The average molecular weight is 152 g/mol. The number of anilines is 1. The summed E-state index contributed by atoms with van der Waals surface area (Å²) in [5, 5.41) is 0. The third-order valence-corrected chi connectivity index (χ3v) is 1.26. The highest BCUT2D eigenvalue weighted by Crippen LogP contribution is 2.08. The lowest BCUT2D eigenvalue weighted by Gasteiger charge is -1.94. The molecule has 5 heteroatoms. The van der Waals surface area contributed by atoms with Crippen molar-refractivity contribution in [3.05, 3.63) is 18.6 Å². The molecule has 0 saturated heterocycles. The Morgan fingerprint density at radius 3 is 2.73 bits per heavy atom. The molecule has 0 atom stereocenters. The Bertz CT molecular complexity index is 302. The molecule has 0 radical (unpaired) electrons. The van der Waals surface area contributed by atoms with E-state index in [9.17, 15) is 4.79 Å². The van der Waals surface area contributed by atoms with Crippen molar-refractivity contribution in [2.24, 2.45) is 5.73 Å². The van der Waals surface area contributed by atoms with Crippen LogP contribution in [0.3, 0.4) is 0 Å². The monoisotopic (exact) mass is 152 g/mol. The zero-order chi connectivity index (χ0) is 8.43. The summed E-state index contributed by atoms with van der Waals surface area (Å²) in [6, 6.07) is 0. The molecule has 0 aliphatic carbocycles. The van der Waals surface area contributed by atoms with Crippen molar-refractivity contribution in [1.82, 2.24) is 9.55 Å². The smallest absolute Gasteiger partial charge is 0.271 e. The third-order valence-electron chi connectivity index (χ3n) is 1.26. The van der Waals surface area contributed by atoms with Gasteiger partial charge in [0.25, 0.3) is 5.91 Å². The summed E-state index contributed by atoms with van der Waals surface area (Å²) < 4.78 is 1.42. The van der Waals surface area contributed by atoms with Gasteiger partial charge >= 0.3 is 0 Å². The zero-order valence-electron chi connectivity index (χ0n) is 5.82. The average Bonchev–Trinajstić information content (AvgIpc) is 2.30. The van der Waals surface area contributed by atoms with Crippen molar-refractivity contribution in [2.45, 2.75) is 0 Å². The number of amides is 1. The molecule has 0 aromatic carbocycles. The van der Waals surface area contributed by atoms with E-state index in [-0.39, 0.29) is 11.5 Å². The van der Waals surface area contributed by atoms with E-state index in [1.807, 2.05) is 0 Å². The quantitative estimate of drug-likeness (QED) is 0.608. The van der Waals surface area contributed by atoms with Crippen molar-refractivity contribution in [1.29, 1.82) is 0 Å². The molecule has 0 spiro atoms. The Kier molecular flexibility index (Phi) is 1.63. The number of rotatable bonds is 2. The second-order valence-electron chi connectivity index (χ2n) is 1.93. The summed E-state index contributed by atoms with van der Waals surface area (Å²) in [6.45, 7) is 3.46. The minimum Gasteiger partial charge on any atom is -0.383 e. The molecule has 0 fully saturated rings. The van der Waals surface area contributed by atoms with Crippen LogP contribution in [0.2, 0.25) is 0 Å². The van der Waals surface area contributed by atoms with E-state index in [1.54, 1.807) is 0 Å². The Balaban J connectivity index is 3.20. The first-order chi connectivity index (χ1) is 5.16. The van der Waals surface area contributed by atoms with Crippen molar-refractivity contribution in [2.75, 3.05) is 5.73 Å². The van der Waals surface area contributed by atoms with Gasteiger partial charge in [-0.1, -0.05) is 6.58 Å². The van der Waals surface area contributed by atoms with Crippen LogP contribution in [-0.4, -0.2) is 15.5 Å². The van der Waals surface area contributed by atoms with Crippen molar-refractivity contribution >= 4 is 17.9 Å².